The molecule has 192 valence electrons. The number of fused-ring (bicyclic) bond motifs is 1. The van der Waals surface area contributed by atoms with E-state index in [1.165, 1.54) is 24.3 Å². The van der Waals surface area contributed by atoms with Gasteiger partial charge in [-0.1, -0.05) is 29.8 Å². The zero-order valence-corrected chi connectivity index (χ0v) is 20.1. The Hall–Kier alpha value is -4.09. The summed E-state index contributed by atoms with van der Waals surface area (Å²) in [5, 5.41) is 17.6. The molecule has 0 radical (unpaired) electrons. The summed E-state index contributed by atoms with van der Waals surface area (Å²) in [5.74, 6) is -1.33. The van der Waals surface area contributed by atoms with E-state index >= 15 is 0 Å². The third kappa shape index (κ3) is 5.68. The van der Waals surface area contributed by atoms with E-state index in [1.54, 1.807) is 25.1 Å². The number of aromatic nitrogens is 2. The minimum absolute atomic E-state index is 0.0459. The third-order valence-corrected chi connectivity index (χ3v) is 5.90. The minimum Gasteiger partial charge on any atom is -0.395 e. The lowest BCUT2D eigenvalue weighted by atomic mass is 10.1. The second kappa shape index (κ2) is 10.5. The number of rotatable bonds is 7. The summed E-state index contributed by atoms with van der Waals surface area (Å²) in [5.41, 5.74) is 0.124. The van der Waals surface area contributed by atoms with Crippen molar-refractivity contribution in [1.29, 1.82) is 0 Å². The van der Waals surface area contributed by atoms with Gasteiger partial charge in [-0.05, 0) is 48.9 Å². The van der Waals surface area contributed by atoms with Crippen LogP contribution in [0, 0.1) is 6.92 Å². The van der Waals surface area contributed by atoms with Crippen LogP contribution < -0.4 is 16.0 Å². The van der Waals surface area contributed by atoms with Gasteiger partial charge < -0.3 is 26.0 Å². The molecule has 5 N–H and O–H groups in total. The lowest BCUT2D eigenvalue weighted by molar-refractivity contribution is -0.137. The lowest BCUT2D eigenvalue weighted by Crippen LogP contribution is -2.19. The molecule has 0 bridgehead atoms. The number of carbonyl (C=O) groups is 2. The van der Waals surface area contributed by atoms with Crippen LogP contribution in [0.25, 0.3) is 11.0 Å². The van der Waals surface area contributed by atoms with Crippen LogP contribution in [0.2, 0.25) is 5.02 Å². The number of aromatic amines is 1. The minimum atomic E-state index is -4.73. The standard InChI is InChI=1S/C25H21ClF3N5O3/c1-13-18(26)7-4-8-19(13)32-23(37)16-11-14(12-20-21(16)34-24(33-20)30-9-10-35)31-22(36)15-5-2-3-6-17(15)25(27,28)29/h2-8,11-12,35H,9-10H2,1H3,(H,31,36)(H,32,37)(H2,30,33,34). The maximum Gasteiger partial charge on any atom is 0.417 e. The number of H-pyrrole nitrogens is 1. The number of imidazole rings is 1. The number of hydrogen-bond donors (Lipinski definition) is 5. The van der Waals surface area contributed by atoms with E-state index in [0.29, 0.717) is 21.8 Å². The number of nitrogens with zero attached hydrogens (tertiary/aromatic N) is 1. The molecule has 0 spiro atoms. The van der Waals surface area contributed by atoms with E-state index in [4.69, 9.17) is 16.7 Å². The van der Waals surface area contributed by atoms with Crippen LogP contribution in [0.1, 0.15) is 31.8 Å². The van der Waals surface area contributed by atoms with Crippen molar-refractivity contribution in [2.75, 3.05) is 29.1 Å². The molecule has 4 rings (SSSR count). The second-order valence-corrected chi connectivity index (χ2v) is 8.43. The quantitative estimate of drug-likeness (QED) is 0.217. The van der Waals surface area contributed by atoms with Crippen LogP contribution in [-0.4, -0.2) is 40.0 Å². The van der Waals surface area contributed by atoms with Gasteiger partial charge in [-0.15, -0.1) is 0 Å². The van der Waals surface area contributed by atoms with Gasteiger partial charge in [-0.3, -0.25) is 9.59 Å². The molecule has 37 heavy (non-hydrogen) atoms. The number of halogens is 4. The van der Waals surface area contributed by atoms with Gasteiger partial charge in [-0.2, -0.15) is 13.2 Å². The normalized spacial score (nSPS) is 11.4. The highest BCUT2D eigenvalue weighted by Gasteiger charge is 2.35. The van der Waals surface area contributed by atoms with Gasteiger partial charge in [0, 0.05) is 22.9 Å². The van der Waals surface area contributed by atoms with Gasteiger partial charge in [-0.25, -0.2) is 4.98 Å². The molecule has 0 aliphatic rings. The molecule has 0 unspecified atom stereocenters. The number of amides is 2. The SMILES string of the molecule is Cc1c(Cl)cccc1NC(=O)c1cc(NC(=O)c2ccccc2C(F)(F)F)cc2[nH]c(NCCO)nc12. The lowest BCUT2D eigenvalue weighted by Gasteiger charge is -2.14. The van der Waals surface area contributed by atoms with Gasteiger partial charge in [0.1, 0.15) is 5.52 Å². The number of anilines is 3. The number of benzene rings is 3. The van der Waals surface area contributed by atoms with Crippen molar-refractivity contribution in [2.24, 2.45) is 0 Å². The number of carbonyl (C=O) groups excluding carboxylic acids is 2. The molecular weight excluding hydrogens is 511 g/mol. The van der Waals surface area contributed by atoms with Crippen LogP contribution in [0.3, 0.4) is 0 Å². The fourth-order valence-electron chi connectivity index (χ4n) is 3.68. The van der Waals surface area contributed by atoms with Crippen LogP contribution in [0.5, 0.6) is 0 Å². The van der Waals surface area contributed by atoms with E-state index in [0.717, 1.165) is 12.1 Å². The monoisotopic (exact) mass is 531 g/mol. The van der Waals surface area contributed by atoms with E-state index in [9.17, 15) is 22.8 Å². The zero-order valence-electron chi connectivity index (χ0n) is 19.3. The molecule has 4 aromatic rings. The van der Waals surface area contributed by atoms with E-state index in [-0.39, 0.29) is 35.9 Å². The molecule has 3 aromatic carbocycles. The predicted octanol–water partition coefficient (Wildman–Crippen LogP) is 5.45. The summed E-state index contributed by atoms with van der Waals surface area (Å²) < 4.78 is 40.3. The van der Waals surface area contributed by atoms with Gasteiger partial charge in [0.05, 0.1) is 28.8 Å². The molecule has 8 nitrogen and oxygen atoms in total. The summed E-state index contributed by atoms with van der Waals surface area (Å²) in [6.07, 6.45) is -4.73. The van der Waals surface area contributed by atoms with E-state index in [1.807, 2.05) is 0 Å². The second-order valence-electron chi connectivity index (χ2n) is 8.02. The summed E-state index contributed by atoms with van der Waals surface area (Å²) in [4.78, 5) is 33.4. The zero-order chi connectivity index (χ0) is 26.7. The molecule has 0 saturated heterocycles. The molecule has 0 atom stereocenters. The predicted molar refractivity (Wildman–Crippen MR) is 135 cm³/mol. The van der Waals surface area contributed by atoms with Crippen molar-refractivity contribution in [3.63, 3.8) is 0 Å². The van der Waals surface area contributed by atoms with Crippen molar-refractivity contribution in [3.8, 4) is 0 Å². The van der Waals surface area contributed by atoms with E-state index < -0.39 is 29.1 Å². The smallest absolute Gasteiger partial charge is 0.395 e. The fraction of sp³-hybridized carbons (Fsp3) is 0.160. The average Bonchev–Trinajstić information content (AvgIpc) is 3.27. The summed E-state index contributed by atoms with van der Waals surface area (Å²) in [6.45, 7) is 1.74. The highest BCUT2D eigenvalue weighted by Crippen LogP contribution is 2.33. The number of aliphatic hydroxyl groups excluding tert-OH is 1. The molecule has 0 fully saturated rings. The average molecular weight is 532 g/mol. The Kier molecular flexibility index (Phi) is 7.37. The van der Waals surface area contributed by atoms with Crippen molar-refractivity contribution in [1.82, 2.24) is 9.97 Å². The van der Waals surface area contributed by atoms with Gasteiger partial charge >= 0.3 is 6.18 Å². The maximum absolute atomic E-state index is 13.4. The molecule has 1 heterocycles. The third-order valence-electron chi connectivity index (χ3n) is 5.49. The molecule has 0 aliphatic carbocycles. The highest BCUT2D eigenvalue weighted by molar-refractivity contribution is 6.31. The van der Waals surface area contributed by atoms with E-state index in [2.05, 4.69) is 25.9 Å². The number of alkyl halides is 3. The van der Waals surface area contributed by atoms with Crippen molar-refractivity contribution in [2.45, 2.75) is 13.1 Å². The fourth-order valence-corrected chi connectivity index (χ4v) is 3.85. The first-order valence-corrected chi connectivity index (χ1v) is 11.4. The first-order chi connectivity index (χ1) is 17.6. The Labute approximate surface area is 213 Å². The Morgan fingerprint density at radius 1 is 1.03 bits per heavy atom. The first kappa shape index (κ1) is 26.0. The van der Waals surface area contributed by atoms with Crippen LogP contribution in [0.15, 0.2) is 54.6 Å². The van der Waals surface area contributed by atoms with Gasteiger partial charge in [0.25, 0.3) is 11.8 Å². The molecule has 0 saturated carbocycles. The topological polar surface area (TPSA) is 119 Å². The van der Waals surface area contributed by atoms with Crippen molar-refractivity contribution < 1.29 is 27.9 Å². The molecule has 2 amide bonds. The highest BCUT2D eigenvalue weighted by atomic mass is 35.5. The number of aliphatic hydroxyl groups is 1. The first-order valence-electron chi connectivity index (χ1n) is 11.0. The Balaban J connectivity index is 1.74. The molecular formula is C25H21ClF3N5O3. The molecule has 0 aliphatic heterocycles. The molecule has 1 aromatic heterocycles. The number of hydrogen-bond acceptors (Lipinski definition) is 5. The maximum atomic E-state index is 13.4. The summed E-state index contributed by atoms with van der Waals surface area (Å²) in [6, 6.07) is 12.2. The summed E-state index contributed by atoms with van der Waals surface area (Å²) in [7, 11) is 0. The largest absolute Gasteiger partial charge is 0.417 e. The van der Waals surface area contributed by atoms with Gasteiger partial charge in [0.2, 0.25) is 5.95 Å². The van der Waals surface area contributed by atoms with Gasteiger partial charge in [0.15, 0.2) is 0 Å². The summed E-state index contributed by atoms with van der Waals surface area (Å²) >= 11 is 6.15. The van der Waals surface area contributed by atoms with Crippen molar-refractivity contribution >= 4 is 51.8 Å². The Morgan fingerprint density at radius 3 is 2.49 bits per heavy atom. The van der Waals surface area contributed by atoms with Crippen molar-refractivity contribution in [3.05, 3.63) is 81.9 Å². The van der Waals surface area contributed by atoms with Crippen LogP contribution >= 0.6 is 11.6 Å². The Bertz CT molecular complexity index is 1490. The Morgan fingerprint density at radius 2 is 1.76 bits per heavy atom. The van der Waals surface area contributed by atoms with Crippen LogP contribution in [-0.2, 0) is 6.18 Å². The molecule has 12 heteroatoms. The number of nitrogens with one attached hydrogen (secondary N) is 4. The van der Waals surface area contributed by atoms with Crippen LogP contribution in [0.4, 0.5) is 30.5 Å².